The van der Waals surface area contributed by atoms with Crippen LogP contribution in [0.3, 0.4) is 0 Å². The Balaban J connectivity index is 4.32. The highest BCUT2D eigenvalue weighted by atomic mass is 16.5. The number of methoxy groups -OCH3 is 1. The summed E-state index contributed by atoms with van der Waals surface area (Å²) in [5.41, 5.74) is -0.826. The molecule has 15 heavy (non-hydrogen) atoms. The third-order valence-corrected chi connectivity index (χ3v) is 2.29. The second kappa shape index (κ2) is 5.47. The van der Waals surface area contributed by atoms with E-state index in [1.54, 1.807) is 14.0 Å². The van der Waals surface area contributed by atoms with Gasteiger partial charge in [-0.3, -0.25) is 4.79 Å². The van der Waals surface area contributed by atoms with Gasteiger partial charge in [-0.25, -0.2) is 0 Å². The Hall–Kier alpha value is -0.610. The fourth-order valence-electron chi connectivity index (χ4n) is 1.04. The maximum absolute atomic E-state index is 11.1. The highest BCUT2D eigenvalue weighted by molar-refractivity contribution is 5.78. The molecule has 1 unspecified atom stereocenters. The molecule has 1 atom stereocenters. The minimum Gasteiger partial charge on any atom is -0.480 e. The minimum atomic E-state index is -0.900. The summed E-state index contributed by atoms with van der Waals surface area (Å²) in [6.45, 7) is 9.01. The molecular formula is C11H23NO3. The second-order valence-electron chi connectivity index (χ2n) is 5.29. The predicted octanol–water partition coefficient (Wildman–Crippen LogP) is 1.50. The van der Waals surface area contributed by atoms with Crippen LogP contribution < -0.4 is 5.32 Å². The zero-order chi connectivity index (χ0) is 12.1. The van der Waals surface area contributed by atoms with Crippen LogP contribution in [0.25, 0.3) is 0 Å². The summed E-state index contributed by atoms with van der Waals surface area (Å²) in [7, 11) is 1.58. The van der Waals surface area contributed by atoms with Crippen LogP contribution in [0, 0.1) is 5.41 Å². The zero-order valence-corrected chi connectivity index (χ0v) is 10.4. The van der Waals surface area contributed by atoms with Crippen molar-refractivity contribution in [2.24, 2.45) is 5.41 Å². The highest BCUT2D eigenvalue weighted by Gasteiger charge is 2.33. The monoisotopic (exact) mass is 217 g/mol. The van der Waals surface area contributed by atoms with Crippen molar-refractivity contribution in [1.29, 1.82) is 0 Å². The van der Waals surface area contributed by atoms with Crippen LogP contribution >= 0.6 is 0 Å². The maximum atomic E-state index is 11.1. The Morgan fingerprint density at radius 2 is 1.87 bits per heavy atom. The van der Waals surface area contributed by atoms with Gasteiger partial charge in [-0.15, -0.1) is 0 Å². The Labute approximate surface area is 92.0 Å². The number of carbonyl (C=O) groups is 1. The first-order chi connectivity index (χ1) is 6.71. The van der Waals surface area contributed by atoms with Crippen molar-refractivity contribution in [2.75, 3.05) is 20.3 Å². The van der Waals surface area contributed by atoms with Crippen molar-refractivity contribution in [3.05, 3.63) is 0 Å². The van der Waals surface area contributed by atoms with E-state index in [4.69, 9.17) is 9.84 Å². The Bertz CT molecular complexity index is 210. The number of ether oxygens (including phenoxy) is 1. The molecule has 0 aliphatic carbocycles. The van der Waals surface area contributed by atoms with E-state index in [-0.39, 0.29) is 5.41 Å². The molecule has 0 aromatic carbocycles. The van der Waals surface area contributed by atoms with Crippen LogP contribution in [0.15, 0.2) is 0 Å². The fraction of sp³-hybridized carbons (Fsp3) is 0.909. The van der Waals surface area contributed by atoms with Gasteiger partial charge in [0.2, 0.25) is 0 Å². The second-order valence-corrected chi connectivity index (χ2v) is 5.29. The van der Waals surface area contributed by atoms with Crippen LogP contribution in [-0.2, 0) is 9.53 Å². The van der Waals surface area contributed by atoms with Crippen LogP contribution in [0.1, 0.15) is 34.1 Å². The van der Waals surface area contributed by atoms with Crippen LogP contribution in [-0.4, -0.2) is 36.9 Å². The number of carboxylic acids is 1. The topological polar surface area (TPSA) is 58.6 Å². The van der Waals surface area contributed by atoms with Gasteiger partial charge in [0.25, 0.3) is 0 Å². The lowest BCUT2D eigenvalue weighted by Gasteiger charge is -2.30. The van der Waals surface area contributed by atoms with Gasteiger partial charge >= 0.3 is 5.97 Å². The van der Waals surface area contributed by atoms with E-state index in [0.717, 1.165) is 0 Å². The van der Waals surface area contributed by atoms with E-state index in [1.165, 1.54) is 0 Å². The third kappa shape index (κ3) is 5.74. The number of hydrogen-bond acceptors (Lipinski definition) is 3. The summed E-state index contributed by atoms with van der Waals surface area (Å²) in [5.74, 6) is -0.830. The highest BCUT2D eigenvalue weighted by Crippen LogP contribution is 2.16. The van der Waals surface area contributed by atoms with Crippen molar-refractivity contribution in [3.63, 3.8) is 0 Å². The molecule has 0 aromatic heterocycles. The summed E-state index contributed by atoms with van der Waals surface area (Å²) in [6, 6.07) is 0. The molecule has 0 aromatic rings. The molecule has 0 heterocycles. The van der Waals surface area contributed by atoms with Crippen molar-refractivity contribution in [1.82, 2.24) is 5.32 Å². The number of hydrogen-bond donors (Lipinski definition) is 2. The van der Waals surface area contributed by atoms with Gasteiger partial charge in [0, 0.05) is 20.3 Å². The summed E-state index contributed by atoms with van der Waals surface area (Å²) >= 11 is 0. The molecule has 0 amide bonds. The molecule has 0 saturated heterocycles. The average Bonchev–Trinajstić information content (AvgIpc) is 2.10. The summed E-state index contributed by atoms with van der Waals surface area (Å²) in [4.78, 5) is 11.1. The van der Waals surface area contributed by atoms with E-state index < -0.39 is 11.5 Å². The Morgan fingerprint density at radius 1 is 1.33 bits per heavy atom. The van der Waals surface area contributed by atoms with Gasteiger partial charge in [-0.05, 0) is 18.8 Å². The van der Waals surface area contributed by atoms with Crippen LogP contribution in [0.5, 0.6) is 0 Å². The van der Waals surface area contributed by atoms with Crippen molar-refractivity contribution >= 4 is 5.97 Å². The van der Waals surface area contributed by atoms with Crippen molar-refractivity contribution < 1.29 is 14.6 Å². The van der Waals surface area contributed by atoms with E-state index in [1.807, 2.05) is 0 Å². The smallest absolute Gasteiger partial charge is 0.323 e. The first kappa shape index (κ1) is 14.4. The lowest BCUT2D eigenvalue weighted by atomic mass is 9.92. The molecular weight excluding hydrogens is 194 g/mol. The third-order valence-electron chi connectivity index (χ3n) is 2.29. The number of rotatable bonds is 6. The van der Waals surface area contributed by atoms with Gasteiger partial charge in [0.05, 0.1) is 0 Å². The first-order valence-electron chi connectivity index (χ1n) is 5.19. The molecule has 4 nitrogen and oxygen atoms in total. The average molecular weight is 217 g/mol. The summed E-state index contributed by atoms with van der Waals surface area (Å²) in [5, 5.41) is 12.2. The number of carboxylic acid groups (broad SMARTS) is 1. The molecule has 90 valence electrons. The van der Waals surface area contributed by atoms with Crippen molar-refractivity contribution in [3.8, 4) is 0 Å². The predicted molar refractivity (Wildman–Crippen MR) is 60.0 cm³/mol. The van der Waals surface area contributed by atoms with Crippen LogP contribution in [0.2, 0.25) is 0 Å². The maximum Gasteiger partial charge on any atom is 0.323 e. The largest absolute Gasteiger partial charge is 0.480 e. The van der Waals surface area contributed by atoms with Gasteiger partial charge in [0.1, 0.15) is 5.54 Å². The van der Waals surface area contributed by atoms with Gasteiger partial charge in [-0.1, -0.05) is 20.8 Å². The SMILES string of the molecule is COCCC(C)(NCC(C)(C)C)C(=O)O. The normalized spacial score (nSPS) is 16.1. The summed E-state index contributed by atoms with van der Waals surface area (Å²) < 4.78 is 4.92. The zero-order valence-electron chi connectivity index (χ0n) is 10.4. The summed E-state index contributed by atoms with van der Waals surface area (Å²) in [6.07, 6.45) is 0.467. The van der Waals surface area contributed by atoms with E-state index in [0.29, 0.717) is 19.6 Å². The quantitative estimate of drug-likeness (QED) is 0.708. The standard InChI is InChI=1S/C11H23NO3/c1-10(2,3)8-12-11(4,9(13)14)6-7-15-5/h12H,6-8H2,1-5H3,(H,13,14). The van der Waals surface area contributed by atoms with E-state index in [2.05, 4.69) is 26.1 Å². The Kier molecular flexibility index (Phi) is 5.24. The number of aliphatic carboxylic acids is 1. The molecule has 0 radical (unpaired) electrons. The van der Waals surface area contributed by atoms with E-state index >= 15 is 0 Å². The molecule has 0 spiro atoms. The molecule has 0 fully saturated rings. The minimum absolute atomic E-state index is 0.0732. The molecule has 0 aliphatic heterocycles. The van der Waals surface area contributed by atoms with Gasteiger partial charge in [-0.2, -0.15) is 0 Å². The number of nitrogens with one attached hydrogen (secondary N) is 1. The molecule has 4 heteroatoms. The lowest BCUT2D eigenvalue weighted by molar-refractivity contribution is -0.145. The molecule has 0 bridgehead atoms. The lowest BCUT2D eigenvalue weighted by Crippen LogP contribution is -2.52. The first-order valence-corrected chi connectivity index (χ1v) is 5.19. The van der Waals surface area contributed by atoms with Crippen molar-refractivity contribution in [2.45, 2.75) is 39.7 Å². The fourth-order valence-corrected chi connectivity index (χ4v) is 1.04. The molecule has 0 saturated carbocycles. The van der Waals surface area contributed by atoms with E-state index in [9.17, 15) is 4.79 Å². The molecule has 2 N–H and O–H groups in total. The Morgan fingerprint density at radius 3 is 2.20 bits per heavy atom. The van der Waals surface area contributed by atoms with Gasteiger partial charge < -0.3 is 15.2 Å². The molecule has 0 aliphatic rings. The van der Waals surface area contributed by atoms with Crippen LogP contribution in [0.4, 0.5) is 0 Å². The molecule has 0 rings (SSSR count). The van der Waals surface area contributed by atoms with Gasteiger partial charge in [0.15, 0.2) is 0 Å².